The van der Waals surface area contributed by atoms with Crippen molar-refractivity contribution < 1.29 is 9.53 Å². The largest absolute Gasteiger partial charge is 0.466 e. The van der Waals surface area contributed by atoms with Crippen molar-refractivity contribution in [3.63, 3.8) is 0 Å². The van der Waals surface area contributed by atoms with Gasteiger partial charge in [-0.1, -0.05) is 0 Å². The van der Waals surface area contributed by atoms with Crippen LogP contribution in [-0.2, 0) is 16.1 Å². The maximum Gasteiger partial charge on any atom is 0.349 e. The molecule has 0 amide bonds. The van der Waals surface area contributed by atoms with E-state index in [4.69, 9.17) is 10.5 Å². The lowest BCUT2D eigenvalue weighted by molar-refractivity contribution is -0.143. The molecule has 0 aliphatic carbocycles. The molecular formula is C11H17N3O3. The number of aryl methyl sites for hydroxylation is 1. The molecule has 0 aromatic carbocycles. The van der Waals surface area contributed by atoms with Crippen molar-refractivity contribution in [1.29, 1.82) is 0 Å². The first-order valence-corrected chi connectivity index (χ1v) is 5.62. The zero-order valence-electron chi connectivity index (χ0n) is 9.89. The number of ether oxygens (including phenoxy) is 1. The summed E-state index contributed by atoms with van der Waals surface area (Å²) in [6.07, 6.45) is 3.40. The lowest BCUT2D eigenvalue weighted by atomic mass is 10.2. The minimum atomic E-state index is -0.360. The van der Waals surface area contributed by atoms with E-state index in [1.165, 1.54) is 4.57 Å². The number of unbranched alkanes of at least 4 members (excludes halogenated alkanes) is 1. The first kappa shape index (κ1) is 13.2. The Balaban J connectivity index is 2.31. The Morgan fingerprint density at radius 2 is 2.29 bits per heavy atom. The molecule has 0 aliphatic heterocycles. The minimum Gasteiger partial charge on any atom is -0.466 e. The highest BCUT2D eigenvalue weighted by molar-refractivity contribution is 5.69. The van der Waals surface area contributed by atoms with E-state index in [1.807, 2.05) is 0 Å². The topological polar surface area (TPSA) is 87.2 Å². The van der Waals surface area contributed by atoms with E-state index < -0.39 is 0 Å². The number of hydrogen-bond donors (Lipinski definition) is 1. The summed E-state index contributed by atoms with van der Waals surface area (Å²) < 4.78 is 6.27. The van der Waals surface area contributed by atoms with Crippen molar-refractivity contribution in [3.05, 3.63) is 22.7 Å². The number of hydrogen-bond acceptors (Lipinski definition) is 5. The van der Waals surface area contributed by atoms with Gasteiger partial charge in [0, 0.05) is 19.2 Å². The molecule has 94 valence electrons. The molecule has 6 nitrogen and oxygen atoms in total. The summed E-state index contributed by atoms with van der Waals surface area (Å²) in [5.41, 5.74) is 5.01. The summed E-state index contributed by atoms with van der Waals surface area (Å²) in [4.78, 5) is 26.0. The predicted molar refractivity (Wildman–Crippen MR) is 63.4 cm³/mol. The summed E-state index contributed by atoms with van der Waals surface area (Å²) in [6, 6.07) is 1.58. The summed E-state index contributed by atoms with van der Waals surface area (Å²) in [6.45, 7) is 2.71. The number of esters is 1. The SMILES string of the molecule is CCOC(=O)CCCCn1ccc(N)nc1=O. The second-order valence-electron chi connectivity index (χ2n) is 3.59. The van der Waals surface area contributed by atoms with Gasteiger partial charge < -0.3 is 10.5 Å². The van der Waals surface area contributed by atoms with Gasteiger partial charge in [-0.3, -0.25) is 9.36 Å². The first-order valence-electron chi connectivity index (χ1n) is 5.62. The minimum absolute atomic E-state index is 0.199. The molecule has 0 bridgehead atoms. The van der Waals surface area contributed by atoms with Crippen molar-refractivity contribution in [1.82, 2.24) is 9.55 Å². The number of anilines is 1. The monoisotopic (exact) mass is 239 g/mol. The van der Waals surface area contributed by atoms with Crippen LogP contribution in [0.15, 0.2) is 17.1 Å². The van der Waals surface area contributed by atoms with Crippen LogP contribution in [0.25, 0.3) is 0 Å². The maximum atomic E-state index is 11.4. The van der Waals surface area contributed by atoms with Crippen molar-refractivity contribution in [2.24, 2.45) is 0 Å². The van der Waals surface area contributed by atoms with Gasteiger partial charge in [-0.05, 0) is 25.8 Å². The molecule has 0 unspecified atom stereocenters. The van der Waals surface area contributed by atoms with Crippen molar-refractivity contribution in [2.75, 3.05) is 12.3 Å². The Hall–Kier alpha value is -1.85. The zero-order valence-corrected chi connectivity index (χ0v) is 9.89. The average Bonchev–Trinajstić information content (AvgIpc) is 2.27. The number of rotatable bonds is 6. The zero-order chi connectivity index (χ0) is 12.7. The van der Waals surface area contributed by atoms with Crippen LogP contribution < -0.4 is 11.4 Å². The van der Waals surface area contributed by atoms with E-state index in [9.17, 15) is 9.59 Å². The number of nitrogens with zero attached hydrogens (tertiary/aromatic N) is 2. The van der Waals surface area contributed by atoms with E-state index in [0.717, 1.165) is 6.42 Å². The normalized spacial score (nSPS) is 10.2. The number of nitrogen functional groups attached to an aromatic ring is 1. The maximum absolute atomic E-state index is 11.4. The van der Waals surface area contributed by atoms with Crippen LogP contribution in [0.5, 0.6) is 0 Å². The van der Waals surface area contributed by atoms with Crippen LogP contribution in [0.3, 0.4) is 0 Å². The van der Waals surface area contributed by atoms with E-state index >= 15 is 0 Å². The molecule has 0 aliphatic rings. The summed E-state index contributed by atoms with van der Waals surface area (Å²) in [5, 5.41) is 0. The van der Waals surface area contributed by atoms with Crippen LogP contribution >= 0.6 is 0 Å². The van der Waals surface area contributed by atoms with Gasteiger partial charge in [0.2, 0.25) is 0 Å². The second-order valence-corrected chi connectivity index (χ2v) is 3.59. The van der Waals surface area contributed by atoms with E-state index in [1.54, 1.807) is 19.2 Å². The molecule has 0 atom stereocenters. The van der Waals surface area contributed by atoms with Gasteiger partial charge in [-0.15, -0.1) is 0 Å². The van der Waals surface area contributed by atoms with E-state index in [-0.39, 0.29) is 17.5 Å². The van der Waals surface area contributed by atoms with Crippen molar-refractivity contribution in [3.8, 4) is 0 Å². The number of aromatic nitrogens is 2. The van der Waals surface area contributed by atoms with Crippen LogP contribution in [0, 0.1) is 0 Å². The molecule has 1 rings (SSSR count). The van der Waals surface area contributed by atoms with Gasteiger partial charge in [-0.25, -0.2) is 4.79 Å². The lowest BCUT2D eigenvalue weighted by Gasteiger charge is -2.04. The highest BCUT2D eigenvalue weighted by atomic mass is 16.5. The first-order chi connectivity index (χ1) is 8.13. The van der Waals surface area contributed by atoms with E-state index in [0.29, 0.717) is 26.0 Å². The molecule has 1 aromatic rings. The second kappa shape index (κ2) is 6.67. The average molecular weight is 239 g/mol. The quantitative estimate of drug-likeness (QED) is 0.579. The van der Waals surface area contributed by atoms with Crippen LogP contribution in [0.1, 0.15) is 26.2 Å². The molecular weight excluding hydrogens is 222 g/mol. The predicted octanol–water partition coefficient (Wildman–Crippen LogP) is 0.559. The molecule has 1 heterocycles. The van der Waals surface area contributed by atoms with Crippen molar-refractivity contribution in [2.45, 2.75) is 32.7 Å². The fourth-order valence-electron chi connectivity index (χ4n) is 1.40. The van der Waals surface area contributed by atoms with Gasteiger partial charge in [0.1, 0.15) is 5.82 Å². The highest BCUT2D eigenvalue weighted by Crippen LogP contribution is 2.00. The van der Waals surface area contributed by atoms with Gasteiger partial charge in [0.05, 0.1) is 6.61 Å². The lowest BCUT2D eigenvalue weighted by Crippen LogP contribution is -2.23. The molecule has 1 aromatic heterocycles. The summed E-state index contributed by atoms with van der Waals surface area (Å²) in [7, 11) is 0. The van der Waals surface area contributed by atoms with Crippen LogP contribution in [0.2, 0.25) is 0 Å². The Bertz CT molecular complexity index is 428. The Morgan fingerprint density at radius 3 is 2.94 bits per heavy atom. The molecule has 0 spiro atoms. The molecule has 6 heteroatoms. The molecule has 2 N–H and O–H groups in total. The number of nitrogens with two attached hydrogens (primary N) is 1. The Labute approximate surface area is 99.4 Å². The third-order valence-electron chi connectivity index (χ3n) is 2.23. The molecule has 0 saturated heterocycles. The third-order valence-corrected chi connectivity index (χ3v) is 2.23. The highest BCUT2D eigenvalue weighted by Gasteiger charge is 2.02. The van der Waals surface area contributed by atoms with E-state index in [2.05, 4.69) is 4.98 Å². The summed E-state index contributed by atoms with van der Waals surface area (Å²) in [5.74, 6) is 0.0213. The standard InChI is InChI=1S/C11H17N3O3/c1-2-17-10(15)5-3-4-7-14-8-6-9(12)13-11(14)16/h6,8H,2-5,7H2,1H3,(H2,12,13,16). The number of carbonyl (C=O) groups excluding carboxylic acids is 1. The smallest absolute Gasteiger partial charge is 0.349 e. The number of carbonyl (C=O) groups is 1. The Kier molecular flexibility index (Phi) is 5.19. The third kappa shape index (κ3) is 4.67. The summed E-state index contributed by atoms with van der Waals surface area (Å²) >= 11 is 0. The molecule has 0 saturated carbocycles. The van der Waals surface area contributed by atoms with Crippen LogP contribution in [-0.4, -0.2) is 22.1 Å². The van der Waals surface area contributed by atoms with Gasteiger partial charge in [0.25, 0.3) is 0 Å². The molecule has 17 heavy (non-hydrogen) atoms. The fourth-order valence-corrected chi connectivity index (χ4v) is 1.40. The Morgan fingerprint density at radius 1 is 1.53 bits per heavy atom. The molecule has 0 fully saturated rings. The van der Waals surface area contributed by atoms with Crippen LogP contribution in [0.4, 0.5) is 5.82 Å². The van der Waals surface area contributed by atoms with Gasteiger partial charge >= 0.3 is 11.7 Å². The fraction of sp³-hybridized carbons (Fsp3) is 0.545. The van der Waals surface area contributed by atoms with Gasteiger partial charge in [0.15, 0.2) is 0 Å². The molecule has 0 radical (unpaired) electrons. The van der Waals surface area contributed by atoms with Gasteiger partial charge in [-0.2, -0.15) is 4.98 Å². The van der Waals surface area contributed by atoms with Crippen molar-refractivity contribution >= 4 is 11.8 Å².